The molecule has 0 saturated heterocycles. The summed E-state index contributed by atoms with van der Waals surface area (Å²) in [6, 6.07) is 3.93. The second-order valence-electron chi connectivity index (χ2n) is 5.10. The highest BCUT2D eigenvalue weighted by Crippen LogP contribution is 2.40. The first kappa shape index (κ1) is 13.4. The van der Waals surface area contributed by atoms with E-state index in [0.717, 1.165) is 29.0 Å². The van der Waals surface area contributed by atoms with Gasteiger partial charge in [-0.3, -0.25) is 0 Å². The summed E-state index contributed by atoms with van der Waals surface area (Å²) in [7, 11) is 1.64. The maximum atomic E-state index is 6.13. The lowest BCUT2D eigenvalue weighted by Crippen LogP contribution is -2.05. The number of benzene rings is 1. The van der Waals surface area contributed by atoms with E-state index in [1.807, 2.05) is 19.1 Å². The van der Waals surface area contributed by atoms with E-state index in [9.17, 15) is 0 Å². The number of hydrogen-bond acceptors (Lipinski definition) is 4. The summed E-state index contributed by atoms with van der Waals surface area (Å²) < 4.78 is 13.0. The van der Waals surface area contributed by atoms with Crippen molar-refractivity contribution in [1.29, 1.82) is 0 Å². The van der Waals surface area contributed by atoms with Crippen molar-refractivity contribution in [2.45, 2.75) is 26.0 Å². The van der Waals surface area contributed by atoms with Crippen molar-refractivity contribution in [1.82, 2.24) is 9.55 Å². The normalized spacial score (nSPS) is 16.1. The van der Waals surface area contributed by atoms with Crippen molar-refractivity contribution in [2.75, 3.05) is 12.8 Å². The third-order valence-corrected chi connectivity index (χ3v) is 3.61. The number of nitrogens with zero attached hydrogens (tertiary/aromatic N) is 2. The van der Waals surface area contributed by atoms with E-state index in [2.05, 4.69) is 10.9 Å². The van der Waals surface area contributed by atoms with E-state index in [0.29, 0.717) is 18.1 Å². The van der Waals surface area contributed by atoms with Gasteiger partial charge in [0.15, 0.2) is 0 Å². The van der Waals surface area contributed by atoms with E-state index in [-0.39, 0.29) is 6.10 Å². The number of imidazole rings is 1. The number of methoxy groups -OCH3 is 1. The molecular formula is C16H17N3O2. The Balaban J connectivity index is 2.11. The van der Waals surface area contributed by atoms with Crippen molar-refractivity contribution in [3.8, 4) is 35.1 Å². The standard InChI is InChI=1S/C16H17N3O2/c1-4-5-19-9-18-15(16(19)17)12-8-13-11(6-10(2)21-13)7-14(12)20-3/h1,7-10H,5-6,17H2,2-3H3. The van der Waals surface area contributed by atoms with Crippen LogP contribution in [0.15, 0.2) is 18.5 Å². The SMILES string of the molecule is C#CCn1cnc(-c2cc3c(cc2OC)CC(C)O3)c1N. The van der Waals surface area contributed by atoms with E-state index in [1.165, 1.54) is 0 Å². The molecular weight excluding hydrogens is 266 g/mol. The van der Waals surface area contributed by atoms with E-state index >= 15 is 0 Å². The summed E-state index contributed by atoms with van der Waals surface area (Å²) in [6.07, 6.45) is 8.02. The smallest absolute Gasteiger partial charge is 0.132 e. The van der Waals surface area contributed by atoms with Gasteiger partial charge in [0.1, 0.15) is 29.1 Å². The van der Waals surface area contributed by atoms with Gasteiger partial charge in [-0.1, -0.05) is 5.92 Å². The van der Waals surface area contributed by atoms with Crippen LogP contribution in [0.5, 0.6) is 11.5 Å². The maximum absolute atomic E-state index is 6.13. The van der Waals surface area contributed by atoms with Crippen LogP contribution < -0.4 is 15.2 Å². The molecule has 0 amide bonds. The summed E-state index contributed by atoms with van der Waals surface area (Å²) in [5.74, 6) is 4.68. The molecule has 3 rings (SSSR count). The molecule has 1 aliphatic rings. The Bertz CT molecular complexity index is 728. The minimum Gasteiger partial charge on any atom is -0.496 e. The molecule has 0 fully saturated rings. The van der Waals surface area contributed by atoms with Crippen LogP contribution >= 0.6 is 0 Å². The Morgan fingerprint density at radius 3 is 3.10 bits per heavy atom. The van der Waals surface area contributed by atoms with Crippen molar-refractivity contribution in [2.24, 2.45) is 0 Å². The summed E-state index contributed by atoms with van der Waals surface area (Å²) >= 11 is 0. The number of aromatic nitrogens is 2. The van der Waals surface area contributed by atoms with Gasteiger partial charge in [-0.05, 0) is 19.1 Å². The molecule has 2 heterocycles. The number of terminal acetylenes is 1. The van der Waals surface area contributed by atoms with Crippen LogP contribution in [0.3, 0.4) is 0 Å². The zero-order valence-corrected chi connectivity index (χ0v) is 12.1. The molecule has 1 aromatic carbocycles. The molecule has 21 heavy (non-hydrogen) atoms. The topological polar surface area (TPSA) is 62.3 Å². The Morgan fingerprint density at radius 1 is 1.57 bits per heavy atom. The summed E-state index contributed by atoms with van der Waals surface area (Å²) in [5, 5.41) is 0. The Hall–Kier alpha value is -2.61. The second kappa shape index (κ2) is 5.06. The molecule has 0 aliphatic carbocycles. The molecule has 1 unspecified atom stereocenters. The average molecular weight is 283 g/mol. The van der Waals surface area contributed by atoms with Crippen LogP contribution in [-0.2, 0) is 13.0 Å². The zero-order valence-electron chi connectivity index (χ0n) is 12.1. The molecule has 1 atom stereocenters. The van der Waals surface area contributed by atoms with Crippen LogP contribution in [0.2, 0.25) is 0 Å². The number of nitrogens with two attached hydrogens (primary N) is 1. The summed E-state index contributed by atoms with van der Waals surface area (Å²) in [5.41, 5.74) is 8.75. The third kappa shape index (κ3) is 2.19. The van der Waals surface area contributed by atoms with Gasteiger partial charge in [0.25, 0.3) is 0 Å². The fraction of sp³-hybridized carbons (Fsp3) is 0.312. The number of fused-ring (bicyclic) bond motifs is 1. The van der Waals surface area contributed by atoms with Gasteiger partial charge in [0.2, 0.25) is 0 Å². The van der Waals surface area contributed by atoms with Crippen molar-refractivity contribution >= 4 is 5.82 Å². The number of nitrogen functional groups attached to an aromatic ring is 1. The average Bonchev–Trinajstić information content (AvgIpc) is 3.00. The van der Waals surface area contributed by atoms with Crippen molar-refractivity contribution in [3.05, 3.63) is 24.0 Å². The highest BCUT2D eigenvalue weighted by atomic mass is 16.5. The van der Waals surface area contributed by atoms with Gasteiger partial charge in [-0.25, -0.2) is 4.98 Å². The lowest BCUT2D eigenvalue weighted by molar-refractivity contribution is 0.254. The van der Waals surface area contributed by atoms with Gasteiger partial charge in [-0.2, -0.15) is 0 Å². The molecule has 2 aromatic rings. The van der Waals surface area contributed by atoms with Crippen LogP contribution in [0.25, 0.3) is 11.3 Å². The number of anilines is 1. The predicted octanol–water partition coefficient (Wildman–Crippen LogP) is 2.10. The Labute approximate surface area is 123 Å². The highest BCUT2D eigenvalue weighted by Gasteiger charge is 2.24. The predicted molar refractivity (Wildman–Crippen MR) is 81.3 cm³/mol. The van der Waals surface area contributed by atoms with Crippen molar-refractivity contribution in [3.63, 3.8) is 0 Å². The Kier molecular flexibility index (Phi) is 3.22. The van der Waals surface area contributed by atoms with Crippen molar-refractivity contribution < 1.29 is 9.47 Å². The van der Waals surface area contributed by atoms with Crippen LogP contribution in [0.4, 0.5) is 5.82 Å². The molecule has 0 radical (unpaired) electrons. The van der Waals surface area contributed by atoms with Gasteiger partial charge in [0, 0.05) is 17.5 Å². The van der Waals surface area contributed by atoms with Gasteiger partial charge in [0.05, 0.1) is 20.0 Å². The third-order valence-electron chi connectivity index (χ3n) is 3.61. The highest BCUT2D eigenvalue weighted by molar-refractivity contribution is 5.78. The van der Waals surface area contributed by atoms with E-state index < -0.39 is 0 Å². The molecule has 2 N–H and O–H groups in total. The molecule has 108 valence electrons. The summed E-state index contributed by atoms with van der Waals surface area (Å²) in [4.78, 5) is 4.36. The minimum atomic E-state index is 0.177. The largest absolute Gasteiger partial charge is 0.496 e. The number of rotatable bonds is 3. The first-order chi connectivity index (χ1) is 10.1. The van der Waals surface area contributed by atoms with Gasteiger partial charge >= 0.3 is 0 Å². The fourth-order valence-corrected chi connectivity index (χ4v) is 2.62. The molecule has 1 aromatic heterocycles. The first-order valence-corrected chi connectivity index (χ1v) is 6.76. The molecule has 0 spiro atoms. The molecule has 0 bridgehead atoms. The minimum absolute atomic E-state index is 0.177. The number of ether oxygens (including phenoxy) is 2. The first-order valence-electron chi connectivity index (χ1n) is 6.76. The van der Waals surface area contributed by atoms with E-state index in [1.54, 1.807) is 18.0 Å². The molecule has 5 heteroatoms. The maximum Gasteiger partial charge on any atom is 0.132 e. The van der Waals surface area contributed by atoms with Crippen LogP contribution in [-0.4, -0.2) is 22.8 Å². The molecule has 1 aliphatic heterocycles. The molecule has 5 nitrogen and oxygen atoms in total. The van der Waals surface area contributed by atoms with Crippen LogP contribution in [0, 0.1) is 12.3 Å². The van der Waals surface area contributed by atoms with Gasteiger partial charge < -0.3 is 19.8 Å². The number of hydrogen-bond donors (Lipinski definition) is 1. The quantitative estimate of drug-likeness (QED) is 0.876. The van der Waals surface area contributed by atoms with E-state index in [4.69, 9.17) is 21.6 Å². The Morgan fingerprint density at radius 2 is 2.38 bits per heavy atom. The fourth-order valence-electron chi connectivity index (χ4n) is 2.62. The zero-order chi connectivity index (χ0) is 15.0. The van der Waals surface area contributed by atoms with Crippen LogP contribution in [0.1, 0.15) is 12.5 Å². The second-order valence-corrected chi connectivity index (χ2v) is 5.10. The lowest BCUT2D eigenvalue weighted by atomic mass is 10.0. The molecule has 0 saturated carbocycles. The van der Waals surface area contributed by atoms with Gasteiger partial charge in [-0.15, -0.1) is 6.42 Å². The summed E-state index contributed by atoms with van der Waals surface area (Å²) in [6.45, 7) is 2.43. The monoisotopic (exact) mass is 283 g/mol. The lowest BCUT2D eigenvalue weighted by Gasteiger charge is -2.10.